The summed E-state index contributed by atoms with van der Waals surface area (Å²) in [5.41, 5.74) is 8.16. The van der Waals surface area contributed by atoms with Crippen molar-refractivity contribution in [1.82, 2.24) is 14.7 Å². The van der Waals surface area contributed by atoms with Crippen LogP contribution < -0.4 is 10.9 Å². The van der Waals surface area contributed by atoms with Crippen molar-refractivity contribution >= 4 is 21.8 Å². The molecule has 0 aromatic heterocycles. The molecule has 6 atom stereocenters. The van der Waals surface area contributed by atoms with Gasteiger partial charge in [0.05, 0.1) is 29.1 Å². The summed E-state index contributed by atoms with van der Waals surface area (Å²) in [5.74, 6) is 0.0846. The molecule has 0 saturated carbocycles. The van der Waals surface area contributed by atoms with Crippen molar-refractivity contribution in [2.45, 2.75) is 67.7 Å². The normalized spacial score (nSPS) is 31.7. The highest BCUT2D eigenvalue weighted by Gasteiger charge is 2.53. The van der Waals surface area contributed by atoms with Crippen molar-refractivity contribution in [2.75, 3.05) is 19.6 Å². The minimum absolute atomic E-state index is 0.0346. The summed E-state index contributed by atoms with van der Waals surface area (Å²) in [5, 5.41) is 14.6. The van der Waals surface area contributed by atoms with E-state index >= 15 is 0 Å². The highest BCUT2D eigenvalue weighted by atomic mass is 32.2. The second kappa shape index (κ2) is 8.30. The maximum Gasteiger partial charge on any atom is 0.241 e. The first-order chi connectivity index (χ1) is 16.1. The summed E-state index contributed by atoms with van der Waals surface area (Å²) < 4.78 is 23.4. The predicted octanol–water partition coefficient (Wildman–Crippen LogP) is -0.306. The zero-order valence-corrected chi connectivity index (χ0v) is 19.9. The van der Waals surface area contributed by atoms with Gasteiger partial charge in [0.25, 0.3) is 0 Å². The van der Waals surface area contributed by atoms with Crippen LogP contribution in [-0.4, -0.2) is 78.7 Å². The average Bonchev–Trinajstić information content (AvgIpc) is 3.54. The van der Waals surface area contributed by atoms with Crippen molar-refractivity contribution < 1.29 is 18.0 Å². The number of nitrogens with two attached hydrogens (primary N) is 2. The van der Waals surface area contributed by atoms with Crippen LogP contribution in [0.1, 0.15) is 43.4 Å². The van der Waals surface area contributed by atoms with Crippen LogP contribution in [-0.2, 0) is 26.0 Å². The Kier molecular flexibility index (Phi) is 5.67. The molecular weight excluding hydrogens is 456 g/mol. The van der Waals surface area contributed by atoms with E-state index in [4.69, 9.17) is 10.9 Å². The lowest BCUT2D eigenvalue weighted by atomic mass is 10.1. The fourth-order valence-electron chi connectivity index (χ4n) is 6.29. The van der Waals surface area contributed by atoms with Crippen molar-refractivity contribution in [2.24, 2.45) is 16.8 Å². The molecule has 1 aromatic carbocycles. The Morgan fingerprint density at radius 1 is 1.26 bits per heavy atom. The molecular formula is C23H30N6O4S. The number of nitriles is 1. The zero-order valence-electron chi connectivity index (χ0n) is 19.1. The summed E-state index contributed by atoms with van der Waals surface area (Å²) in [6.45, 7) is 3.50. The van der Waals surface area contributed by atoms with Gasteiger partial charge in [-0.05, 0) is 54.9 Å². The van der Waals surface area contributed by atoms with Crippen LogP contribution in [0.3, 0.4) is 0 Å². The molecule has 182 valence electrons. The molecule has 4 N–H and O–H groups in total. The largest absolute Gasteiger partial charge is 0.330 e. The van der Waals surface area contributed by atoms with Gasteiger partial charge in [0.1, 0.15) is 6.04 Å². The molecule has 3 saturated heterocycles. The molecule has 1 aromatic rings. The number of hydrogen-bond donors (Lipinski definition) is 2. The fourth-order valence-corrected chi connectivity index (χ4v) is 6.86. The third-order valence-corrected chi connectivity index (χ3v) is 8.74. The van der Waals surface area contributed by atoms with E-state index in [0.29, 0.717) is 38.9 Å². The molecule has 10 nitrogen and oxygen atoms in total. The predicted molar refractivity (Wildman–Crippen MR) is 122 cm³/mol. The smallest absolute Gasteiger partial charge is 0.241 e. The third kappa shape index (κ3) is 3.79. The number of fused-ring (bicyclic) bond motifs is 3. The van der Waals surface area contributed by atoms with E-state index < -0.39 is 22.1 Å². The van der Waals surface area contributed by atoms with Crippen LogP contribution in [0.2, 0.25) is 0 Å². The Labute approximate surface area is 199 Å². The van der Waals surface area contributed by atoms with Crippen molar-refractivity contribution in [3.8, 4) is 6.07 Å². The number of primary sulfonamides is 1. The van der Waals surface area contributed by atoms with E-state index in [2.05, 4.69) is 6.07 Å². The highest BCUT2D eigenvalue weighted by molar-refractivity contribution is 7.89. The van der Waals surface area contributed by atoms with E-state index in [0.717, 1.165) is 17.5 Å². The molecule has 11 heteroatoms. The number of rotatable bonds is 5. The Hall–Kier alpha value is -2.52. The van der Waals surface area contributed by atoms with Crippen LogP contribution in [0.25, 0.3) is 0 Å². The number of likely N-dealkylation sites (tertiary alicyclic amines) is 3. The SMILES string of the molecule is CC1CC(C#N)N(C(=O)C(N)CN2C[C@@H]3CC2C(=O)N3C2CCc3cc(S(N)(=O)=O)ccc32)C1. The first kappa shape index (κ1) is 23.2. The molecule has 34 heavy (non-hydrogen) atoms. The Balaban J connectivity index is 1.26. The van der Waals surface area contributed by atoms with Crippen LogP contribution >= 0.6 is 0 Å². The van der Waals surface area contributed by atoms with Gasteiger partial charge in [-0.1, -0.05) is 13.0 Å². The van der Waals surface area contributed by atoms with E-state index in [1.807, 2.05) is 16.7 Å². The van der Waals surface area contributed by atoms with E-state index in [9.17, 15) is 23.3 Å². The highest BCUT2D eigenvalue weighted by Crippen LogP contribution is 2.44. The summed E-state index contributed by atoms with van der Waals surface area (Å²) in [7, 11) is -3.77. The average molecular weight is 487 g/mol. The van der Waals surface area contributed by atoms with Crippen LogP contribution in [0.4, 0.5) is 0 Å². The summed E-state index contributed by atoms with van der Waals surface area (Å²) in [6, 6.07) is 5.56. The maximum absolute atomic E-state index is 13.3. The number of hydrogen-bond acceptors (Lipinski definition) is 7. The standard InChI is InChI=1S/C23H30N6O4S/c1-13-6-15(9-24)28(10-13)22(30)19(25)12-27-11-16-8-21(27)23(31)29(16)20-5-2-14-7-17(34(26,32)33)3-4-18(14)20/h3-4,7,13,15-16,19-21H,2,5-6,8,10-12,25H2,1H3,(H2,26,32,33)/t13?,15?,16-,19?,20?,21?/m0/s1. The van der Waals surface area contributed by atoms with Gasteiger partial charge in [-0.15, -0.1) is 0 Å². The second-order valence-electron chi connectivity index (χ2n) is 10.1. The molecule has 0 radical (unpaired) electrons. The van der Waals surface area contributed by atoms with Gasteiger partial charge < -0.3 is 15.5 Å². The van der Waals surface area contributed by atoms with Gasteiger partial charge in [-0.2, -0.15) is 5.26 Å². The Bertz CT molecular complexity index is 1180. The molecule has 5 unspecified atom stereocenters. The number of carbonyl (C=O) groups excluding carboxylic acids is 2. The lowest BCUT2D eigenvalue weighted by molar-refractivity contribution is -0.141. The van der Waals surface area contributed by atoms with Crippen molar-refractivity contribution in [3.63, 3.8) is 0 Å². The van der Waals surface area contributed by atoms with Gasteiger partial charge >= 0.3 is 0 Å². The van der Waals surface area contributed by atoms with Gasteiger partial charge in [0, 0.05) is 25.7 Å². The number of nitrogens with zero attached hydrogens (tertiary/aromatic N) is 4. The molecule has 5 rings (SSSR count). The number of carbonyl (C=O) groups is 2. The number of benzene rings is 1. The zero-order chi connectivity index (χ0) is 24.4. The summed E-state index contributed by atoms with van der Waals surface area (Å²) >= 11 is 0. The maximum atomic E-state index is 13.3. The van der Waals surface area contributed by atoms with E-state index in [1.165, 1.54) is 6.07 Å². The van der Waals surface area contributed by atoms with E-state index in [-0.39, 0.29) is 40.8 Å². The number of aryl methyl sites for hydroxylation is 1. The Morgan fingerprint density at radius 2 is 2.03 bits per heavy atom. The molecule has 2 bridgehead atoms. The van der Waals surface area contributed by atoms with E-state index in [1.54, 1.807) is 17.0 Å². The molecule has 1 aliphatic carbocycles. The molecule has 4 aliphatic rings. The van der Waals surface area contributed by atoms with Crippen LogP contribution in [0.5, 0.6) is 0 Å². The topological polar surface area (TPSA) is 154 Å². The molecule has 2 amide bonds. The Morgan fingerprint density at radius 3 is 2.71 bits per heavy atom. The lowest BCUT2D eigenvalue weighted by Gasteiger charge is -2.38. The van der Waals surface area contributed by atoms with Gasteiger partial charge in [-0.3, -0.25) is 14.5 Å². The fraction of sp³-hybridized carbons (Fsp3) is 0.609. The molecule has 3 heterocycles. The molecule has 3 aliphatic heterocycles. The van der Waals surface area contributed by atoms with Crippen molar-refractivity contribution in [3.05, 3.63) is 29.3 Å². The minimum atomic E-state index is -3.77. The number of amides is 2. The molecule has 3 fully saturated rings. The first-order valence-electron chi connectivity index (χ1n) is 11.8. The quantitative estimate of drug-likeness (QED) is 0.579. The number of sulfonamides is 1. The summed E-state index contributed by atoms with van der Waals surface area (Å²) in [4.78, 5) is 31.9. The monoisotopic (exact) mass is 486 g/mol. The first-order valence-corrected chi connectivity index (χ1v) is 13.3. The van der Waals surface area contributed by atoms with Crippen LogP contribution in [0, 0.1) is 17.2 Å². The minimum Gasteiger partial charge on any atom is -0.330 e. The van der Waals surface area contributed by atoms with Crippen molar-refractivity contribution in [1.29, 1.82) is 5.26 Å². The van der Waals surface area contributed by atoms with Gasteiger partial charge in [0.2, 0.25) is 21.8 Å². The summed E-state index contributed by atoms with van der Waals surface area (Å²) in [6.07, 6.45) is 2.81. The molecule has 0 spiro atoms. The number of piperazine rings is 1. The van der Waals surface area contributed by atoms with Crippen LogP contribution in [0.15, 0.2) is 23.1 Å². The van der Waals surface area contributed by atoms with Gasteiger partial charge in [0.15, 0.2) is 0 Å². The second-order valence-corrected chi connectivity index (χ2v) is 11.7. The third-order valence-electron chi connectivity index (χ3n) is 7.83. The van der Waals surface area contributed by atoms with Gasteiger partial charge in [-0.25, -0.2) is 13.6 Å². The lowest BCUT2D eigenvalue weighted by Crippen LogP contribution is -2.56.